The highest BCUT2D eigenvalue weighted by Gasteiger charge is 2.11. The summed E-state index contributed by atoms with van der Waals surface area (Å²) in [6.07, 6.45) is 0. The molecule has 0 aliphatic carbocycles. The van der Waals surface area contributed by atoms with Crippen molar-refractivity contribution in [2.24, 2.45) is 0 Å². The lowest BCUT2D eigenvalue weighted by Crippen LogP contribution is -2.13. The van der Waals surface area contributed by atoms with Crippen molar-refractivity contribution in [1.82, 2.24) is 14.8 Å². The predicted octanol–water partition coefficient (Wildman–Crippen LogP) is 6.31. The van der Waals surface area contributed by atoms with E-state index < -0.39 is 0 Å². The Balaban J connectivity index is 1.29. The Morgan fingerprint density at radius 3 is 2.40 bits per heavy atom. The molecule has 7 nitrogen and oxygen atoms in total. The summed E-state index contributed by atoms with van der Waals surface area (Å²) in [4.78, 5) is 25.3. The van der Waals surface area contributed by atoms with E-state index in [0.29, 0.717) is 28.8 Å². The lowest BCUT2D eigenvalue weighted by atomic mass is 10.2. The van der Waals surface area contributed by atoms with Gasteiger partial charge in [0.05, 0.1) is 16.8 Å². The summed E-state index contributed by atoms with van der Waals surface area (Å²) >= 11 is 10.3. The van der Waals surface area contributed by atoms with Gasteiger partial charge in [0.25, 0.3) is 5.91 Å². The summed E-state index contributed by atoms with van der Waals surface area (Å²) in [7, 11) is 0. The first-order chi connectivity index (χ1) is 16.9. The second-order valence-electron chi connectivity index (χ2n) is 7.66. The maximum absolute atomic E-state index is 12.8. The number of aromatic nitrogens is 3. The smallest absolute Gasteiger partial charge is 0.308 e. The molecule has 0 saturated carbocycles. The molecule has 0 atom stereocenters. The Kier molecular flexibility index (Phi) is 6.63. The Morgan fingerprint density at radius 1 is 0.943 bits per heavy atom. The average Bonchev–Trinajstić information content (AvgIpc) is 3.16. The van der Waals surface area contributed by atoms with Gasteiger partial charge in [0.1, 0.15) is 0 Å². The van der Waals surface area contributed by atoms with E-state index in [2.05, 4.69) is 36.8 Å². The number of nitrogens with zero attached hydrogens (tertiary/aromatic N) is 3. The summed E-state index contributed by atoms with van der Waals surface area (Å²) in [6, 6.07) is 23.7. The van der Waals surface area contributed by atoms with Crippen LogP contribution in [0.25, 0.3) is 10.2 Å². The SMILES string of the molecule is O=C(Nc1ccc2c(c1)sc(=O)n2Cc1ccc(Br)cc1)c1ccc(Nc2ccc(Cl)nn2)cc1. The highest BCUT2D eigenvalue weighted by molar-refractivity contribution is 9.10. The number of carbonyl (C=O) groups is 1. The standard InChI is InChI=1S/C25H17BrClN5O2S/c26-17-5-1-15(2-6-17)14-32-20-10-9-19(13-21(20)35-25(32)34)29-24(33)16-3-7-18(8-4-16)28-23-12-11-22(27)30-31-23/h1-13H,14H2,(H,28,31)(H,29,33). The van der Waals surface area contributed by atoms with E-state index in [0.717, 1.165) is 37.3 Å². The Labute approximate surface area is 217 Å². The molecular weight excluding hydrogens is 550 g/mol. The van der Waals surface area contributed by atoms with Gasteiger partial charge in [-0.1, -0.05) is 51.0 Å². The normalized spacial score (nSPS) is 10.9. The van der Waals surface area contributed by atoms with E-state index in [1.807, 2.05) is 36.4 Å². The van der Waals surface area contributed by atoms with Gasteiger partial charge in [0.15, 0.2) is 11.0 Å². The Morgan fingerprint density at radius 2 is 1.69 bits per heavy atom. The average molecular weight is 567 g/mol. The van der Waals surface area contributed by atoms with Crippen LogP contribution >= 0.6 is 38.9 Å². The molecule has 5 rings (SSSR count). The summed E-state index contributed by atoms with van der Waals surface area (Å²) in [5.74, 6) is 0.301. The van der Waals surface area contributed by atoms with E-state index in [-0.39, 0.29) is 10.8 Å². The summed E-state index contributed by atoms with van der Waals surface area (Å²) < 4.78 is 3.55. The van der Waals surface area contributed by atoms with Crippen molar-refractivity contribution in [3.05, 3.63) is 109 Å². The van der Waals surface area contributed by atoms with E-state index >= 15 is 0 Å². The molecule has 35 heavy (non-hydrogen) atoms. The Bertz CT molecular complexity index is 1570. The van der Waals surface area contributed by atoms with Crippen molar-refractivity contribution in [2.75, 3.05) is 10.6 Å². The van der Waals surface area contributed by atoms with Crippen LogP contribution in [0.5, 0.6) is 0 Å². The summed E-state index contributed by atoms with van der Waals surface area (Å²) in [5, 5.41) is 14.1. The fourth-order valence-corrected chi connectivity index (χ4v) is 4.80. The highest BCUT2D eigenvalue weighted by Crippen LogP contribution is 2.24. The maximum Gasteiger partial charge on any atom is 0.308 e. The van der Waals surface area contributed by atoms with Gasteiger partial charge in [-0.3, -0.25) is 14.2 Å². The molecule has 2 aromatic heterocycles. The maximum atomic E-state index is 12.8. The predicted molar refractivity (Wildman–Crippen MR) is 144 cm³/mol. The van der Waals surface area contributed by atoms with Gasteiger partial charge in [0.2, 0.25) is 0 Å². The minimum absolute atomic E-state index is 0.0418. The number of fused-ring (bicyclic) bond motifs is 1. The number of anilines is 3. The zero-order valence-corrected chi connectivity index (χ0v) is 21.2. The molecule has 0 fully saturated rings. The third kappa shape index (κ3) is 5.43. The second kappa shape index (κ2) is 9.99. The zero-order chi connectivity index (χ0) is 24.4. The van der Waals surface area contributed by atoms with Crippen LogP contribution in [-0.4, -0.2) is 20.7 Å². The van der Waals surface area contributed by atoms with E-state index in [1.165, 1.54) is 0 Å². The molecule has 0 radical (unpaired) electrons. The van der Waals surface area contributed by atoms with E-state index in [1.54, 1.807) is 47.0 Å². The number of nitrogens with one attached hydrogen (secondary N) is 2. The van der Waals surface area contributed by atoms with Crippen LogP contribution in [0.2, 0.25) is 5.15 Å². The number of thiazole rings is 1. The first-order valence-electron chi connectivity index (χ1n) is 10.5. The van der Waals surface area contributed by atoms with Crippen molar-refractivity contribution in [1.29, 1.82) is 0 Å². The van der Waals surface area contributed by atoms with Crippen molar-refractivity contribution in [2.45, 2.75) is 6.54 Å². The van der Waals surface area contributed by atoms with Gasteiger partial charge in [-0.05, 0) is 72.3 Å². The van der Waals surface area contributed by atoms with Crippen LogP contribution in [0.4, 0.5) is 17.2 Å². The van der Waals surface area contributed by atoms with Gasteiger partial charge < -0.3 is 10.6 Å². The van der Waals surface area contributed by atoms with Gasteiger partial charge in [-0.2, -0.15) is 0 Å². The molecule has 0 unspecified atom stereocenters. The first-order valence-corrected chi connectivity index (χ1v) is 12.5. The third-order valence-electron chi connectivity index (χ3n) is 5.23. The molecule has 0 aliphatic heterocycles. The molecule has 3 aromatic carbocycles. The molecule has 0 aliphatic rings. The molecule has 174 valence electrons. The van der Waals surface area contributed by atoms with Crippen molar-refractivity contribution in [3.8, 4) is 0 Å². The monoisotopic (exact) mass is 565 g/mol. The molecule has 0 spiro atoms. The second-order valence-corrected chi connectivity index (χ2v) is 9.96. The van der Waals surface area contributed by atoms with E-state index in [4.69, 9.17) is 11.6 Å². The van der Waals surface area contributed by atoms with E-state index in [9.17, 15) is 9.59 Å². The number of amides is 1. The summed E-state index contributed by atoms with van der Waals surface area (Å²) in [6.45, 7) is 0.486. The quantitative estimate of drug-likeness (QED) is 0.251. The van der Waals surface area contributed by atoms with Crippen LogP contribution in [0.15, 0.2) is 88.1 Å². The van der Waals surface area contributed by atoms with Gasteiger partial charge in [-0.15, -0.1) is 10.2 Å². The number of benzene rings is 3. The van der Waals surface area contributed by atoms with Crippen LogP contribution in [0, 0.1) is 0 Å². The van der Waals surface area contributed by atoms with Crippen molar-refractivity contribution >= 4 is 72.2 Å². The Hall–Kier alpha value is -3.53. The lowest BCUT2D eigenvalue weighted by molar-refractivity contribution is 0.102. The molecule has 10 heteroatoms. The highest BCUT2D eigenvalue weighted by atomic mass is 79.9. The number of hydrogen-bond donors (Lipinski definition) is 2. The lowest BCUT2D eigenvalue weighted by Gasteiger charge is -2.08. The molecule has 1 amide bonds. The van der Waals surface area contributed by atoms with Crippen molar-refractivity contribution in [3.63, 3.8) is 0 Å². The van der Waals surface area contributed by atoms with Gasteiger partial charge in [-0.25, -0.2) is 0 Å². The van der Waals surface area contributed by atoms with Gasteiger partial charge in [0, 0.05) is 21.4 Å². The van der Waals surface area contributed by atoms with Crippen molar-refractivity contribution < 1.29 is 4.79 Å². The zero-order valence-electron chi connectivity index (χ0n) is 18.0. The molecule has 0 saturated heterocycles. The van der Waals surface area contributed by atoms with Crippen LogP contribution < -0.4 is 15.5 Å². The largest absolute Gasteiger partial charge is 0.339 e. The number of halogens is 2. The molecule has 2 heterocycles. The number of rotatable bonds is 6. The molecule has 5 aromatic rings. The number of carbonyl (C=O) groups excluding carboxylic acids is 1. The van der Waals surface area contributed by atoms with Crippen LogP contribution in [-0.2, 0) is 6.54 Å². The molecular formula is C25H17BrClN5O2S. The number of hydrogen-bond acceptors (Lipinski definition) is 6. The third-order valence-corrected chi connectivity index (χ3v) is 6.90. The van der Waals surface area contributed by atoms with Gasteiger partial charge >= 0.3 is 4.87 Å². The van der Waals surface area contributed by atoms with Crippen LogP contribution in [0.3, 0.4) is 0 Å². The molecule has 0 bridgehead atoms. The first kappa shape index (κ1) is 23.2. The van der Waals surface area contributed by atoms with Crippen LogP contribution in [0.1, 0.15) is 15.9 Å². The fraction of sp³-hybridized carbons (Fsp3) is 0.0400. The minimum atomic E-state index is -0.246. The molecule has 2 N–H and O–H groups in total. The minimum Gasteiger partial charge on any atom is -0.339 e. The fourth-order valence-electron chi connectivity index (χ4n) is 3.50. The topological polar surface area (TPSA) is 88.9 Å². The summed E-state index contributed by atoms with van der Waals surface area (Å²) in [5.41, 5.74) is 3.75.